The summed E-state index contributed by atoms with van der Waals surface area (Å²) in [5.74, 6) is 0.361. The van der Waals surface area contributed by atoms with E-state index in [1.54, 1.807) is 6.07 Å². The van der Waals surface area contributed by atoms with Gasteiger partial charge in [0, 0.05) is 4.47 Å². The molecule has 0 spiro atoms. The molecule has 0 atom stereocenters. The summed E-state index contributed by atoms with van der Waals surface area (Å²) in [6.45, 7) is 4.34. The zero-order valence-electron chi connectivity index (χ0n) is 8.81. The van der Waals surface area contributed by atoms with Crippen molar-refractivity contribution >= 4 is 15.9 Å². The van der Waals surface area contributed by atoms with E-state index in [1.807, 2.05) is 6.07 Å². The highest BCUT2D eigenvalue weighted by Gasteiger charge is 2.07. The number of hydrogen-bond donors (Lipinski definition) is 1. The van der Waals surface area contributed by atoms with Gasteiger partial charge < -0.3 is 5.11 Å². The fourth-order valence-corrected chi connectivity index (χ4v) is 2.39. The van der Waals surface area contributed by atoms with Crippen molar-refractivity contribution in [2.45, 2.75) is 39.5 Å². The predicted molar refractivity (Wildman–Crippen MR) is 63.8 cm³/mol. The van der Waals surface area contributed by atoms with E-state index in [-0.39, 0.29) is 0 Å². The van der Waals surface area contributed by atoms with Gasteiger partial charge in [-0.1, -0.05) is 42.6 Å². The van der Waals surface area contributed by atoms with Crippen molar-refractivity contribution in [1.82, 2.24) is 0 Å². The van der Waals surface area contributed by atoms with Crippen molar-refractivity contribution in [3.05, 3.63) is 27.7 Å². The van der Waals surface area contributed by atoms with Gasteiger partial charge in [0.2, 0.25) is 0 Å². The SMILES string of the molecule is CCCc1cc(O)cc(Br)c1CCC. The highest BCUT2D eigenvalue weighted by molar-refractivity contribution is 9.10. The van der Waals surface area contributed by atoms with E-state index in [0.29, 0.717) is 5.75 Å². The monoisotopic (exact) mass is 256 g/mol. The van der Waals surface area contributed by atoms with Crippen molar-refractivity contribution in [1.29, 1.82) is 0 Å². The molecule has 0 bridgehead atoms. The van der Waals surface area contributed by atoms with Gasteiger partial charge in [0.05, 0.1) is 0 Å². The molecule has 1 nitrogen and oxygen atoms in total. The number of aryl methyl sites for hydroxylation is 1. The maximum atomic E-state index is 9.48. The second-order valence-electron chi connectivity index (χ2n) is 3.57. The number of halogens is 1. The van der Waals surface area contributed by atoms with Crippen molar-refractivity contribution < 1.29 is 5.11 Å². The Morgan fingerprint density at radius 1 is 1.14 bits per heavy atom. The normalized spacial score (nSPS) is 10.5. The maximum Gasteiger partial charge on any atom is 0.116 e. The molecular formula is C12H17BrO. The third-order valence-electron chi connectivity index (χ3n) is 2.29. The van der Waals surface area contributed by atoms with Crippen LogP contribution in [0.5, 0.6) is 5.75 Å². The first-order valence-corrected chi connectivity index (χ1v) is 5.98. The lowest BCUT2D eigenvalue weighted by Crippen LogP contribution is -1.95. The molecule has 1 rings (SSSR count). The van der Waals surface area contributed by atoms with Gasteiger partial charge >= 0.3 is 0 Å². The molecule has 14 heavy (non-hydrogen) atoms. The van der Waals surface area contributed by atoms with Crippen LogP contribution in [0.15, 0.2) is 16.6 Å². The number of benzene rings is 1. The summed E-state index contributed by atoms with van der Waals surface area (Å²) >= 11 is 3.51. The molecule has 0 aromatic heterocycles. The maximum absolute atomic E-state index is 9.48. The van der Waals surface area contributed by atoms with Gasteiger partial charge in [-0.15, -0.1) is 0 Å². The van der Waals surface area contributed by atoms with E-state index in [2.05, 4.69) is 29.8 Å². The van der Waals surface area contributed by atoms with Gasteiger partial charge in [0.25, 0.3) is 0 Å². The number of aromatic hydroxyl groups is 1. The summed E-state index contributed by atoms with van der Waals surface area (Å²) in [5, 5.41) is 9.48. The molecule has 0 saturated carbocycles. The minimum atomic E-state index is 0.361. The smallest absolute Gasteiger partial charge is 0.116 e. The van der Waals surface area contributed by atoms with Crippen molar-refractivity contribution in [2.75, 3.05) is 0 Å². The first-order valence-electron chi connectivity index (χ1n) is 5.19. The summed E-state index contributed by atoms with van der Waals surface area (Å²) in [7, 11) is 0. The van der Waals surface area contributed by atoms with E-state index < -0.39 is 0 Å². The van der Waals surface area contributed by atoms with Crippen LogP contribution in [0.25, 0.3) is 0 Å². The number of phenols is 1. The third kappa shape index (κ3) is 2.74. The lowest BCUT2D eigenvalue weighted by molar-refractivity contribution is 0.473. The molecule has 1 aromatic carbocycles. The molecule has 2 heteroatoms. The summed E-state index contributed by atoms with van der Waals surface area (Å²) in [6.07, 6.45) is 4.38. The molecular weight excluding hydrogens is 240 g/mol. The quantitative estimate of drug-likeness (QED) is 0.862. The second kappa shape index (κ2) is 5.40. The predicted octanol–water partition coefficient (Wildman–Crippen LogP) is 4.06. The third-order valence-corrected chi connectivity index (χ3v) is 3.00. The lowest BCUT2D eigenvalue weighted by atomic mass is 9.99. The highest BCUT2D eigenvalue weighted by Crippen LogP contribution is 2.28. The Labute approximate surface area is 94.3 Å². The molecule has 1 aromatic rings. The van der Waals surface area contributed by atoms with Gasteiger partial charge in [-0.3, -0.25) is 0 Å². The minimum Gasteiger partial charge on any atom is -0.508 e. The zero-order chi connectivity index (χ0) is 10.6. The molecule has 1 N–H and O–H groups in total. The van der Waals surface area contributed by atoms with E-state index in [4.69, 9.17) is 0 Å². The minimum absolute atomic E-state index is 0.361. The van der Waals surface area contributed by atoms with Crippen molar-refractivity contribution in [2.24, 2.45) is 0 Å². The molecule has 0 aliphatic carbocycles. The van der Waals surface area contributed by atoms with E-state index in [0.717, 1.165) is 30.2 Å². The first-order chi connectivity index (χ1) is 6.69. The van der Waals surface area contributed by atoms with E-state index in [9.17, 15) is 5.11 Å². The largest absolute Gasteiger partial charge is 0.508 e. The van der Waals surface area contributed by atoms with Crippen LogP contribution >= 0.6 is 15.9 Å². The van der Waals surface area contributed by atoms with Crippen LogP contribution in [-0.4, -0.2) is 5.11 Å². The van der Waals surface area contributed by atoms with Crippen LogP contribution in [0, 0.1) is 0 Å². The van der Waals surface area contributed by atoms with Crippen LogP contribution < -0.4 is 0 Å². The Hall–Kier alpha value is -0.500. The summed E-state index contributed by atoms with van der Waals surface area (Å²) in [4.78, 5) is 0. The first kappa shape index (κ1) is 11.6. The number of phenolic OH excluding ortho intramolecular Hbond substituents is 1. The van der Waals surface area contributed by atoms with Gasteiger partial charge in [-0.25, -0.2) is 0 Å². The van der Waals surface area contributed by atoms with Crippen LogP contribution in [0.2, 0.25) is 0 Å². The van der Waals surface area contributed by atoms with Crippen LogP contribution in [0.4, 0.5) is 0 Å². The molecule has 0 fully saturated rings. The molecule has 0 aliphatic rings. The molecule has 0 saturated heterocycles. The molecule has 0 radical (unpaired) electrons. The summed E-state index contributed by atoms with van der Waals surface area (Å²) in [5.41, 5.74) is 2.63. The molecule has 0 unspecified atom stereocenters. The fourth-order valence-electron chi connectivity index (χ4n) is 1.70. The van der Waals surface area contributed by atoms with Gasteiger partial charge in [-0.05, 0) is 36.1 Å². The molecule has 0 heterocycles. The molecule has 78 valence electrons. The number of rotatable bonds is 4. The second-order valence-corrected chi connectivity index (χ2v) is 4.42. The average molecular weight is 257 g/mol. The zero-order valence-corrected chi connectivity index (χ0v) is 10.4. The Morgan fingerprint density at radius 2 is 1.79 bits per heavy atom. The van der Waals surface area contributed by atoms with Crippen LogP contribution in [0.1, 0.15) is 37.8 Å². The molecule has 0 amide bonds. The summed E-state index contributed by atoms with van der Waals surface area (Å²) < 4.78 is 1.04. The Morgan fingerprint density at radius 3 is 2.36 bits per heavy atom. The van der Waals surface area contributed by atoms with Gasteiger partial charge in [0.1, 0.15) is 5.75 Å². The Kier molecular flexibility index (Phi) is 4.46. The van der Waals surface area contributed by atoms with Crippen molar-refractivity contribution in [3.8, 4) is 5.75 Å². The Balaban J connectivity index is 3.07. The van der Waals surface area contributed by atoms with Crippen molar-refractivity contribution in [3.63, 3.8) is 0 Å². The highest BCUT2D eigenvalue weighted by atomic mass is 79.9. The fraction of sp³-hybridized carbons (Fsp3) is 0.500. The van der Waals surface area contributed by atoms with E-state index >= 15 is 0 Å². The van der Waals surface area contributed by atoms with Crippen LogP contribution in [-0.2, 0) is 12.8 Å². The Bertz CT molecular complexity index is 307. The number of hydrogen-bond acceptors (Lipinski definition) is 1. The van der Waals surface area contributed by atoms with Gasteiger partial charge in [-0.2, -0.15) is 0 Å². The van der Waals surface area contributed by atoms with Crippen LogP contribution in [0.3, 0.4) is 0 Å². The lowest BCUT2D eigenvalue weighted by Gasteiger charge is -2.11. The van der Waals surface area contributed by atoms with E-state index in [1.165, 1.54) is 11.1 Å². The summed E-state index contributed by atoms with van der Waals surface area (Å²) in [6, 6.07) is 3.67. The standard InChI is InChI=1S/C12H17BrO/c1-3-5-9-7-10(14)8-12(13)11(9)6-4-2/h7-8,14H,3-6H2,1-2H3. The van der Waals surface area contributed by atoms with Gasteiger partial charge in [0.15, 0.2) is 0 Å². The molecule has 0 aliphatic heterocycles. The average Bonchev–Trinajstić information content (AvgIpc) is 2.11. The topological polar surface area (TPSA) is 20.2 Å².